The van der Waals surface area contributed by atoms with Gasteiger partial charge in [-0.2, -0.15) is 0 Å². The van der Waals surface area contributed by atoms with E-state index in [1.807, 2.05) is 48.5 Å². The smallest absolute Gasteiger partial charge is 0.338 e. The van der Waals surface area contributed by atoms with Crippen molar-refractivity contribution in [1.82, 2.24) is 0 Å². The van der Waals surface area contributed by atoms with Crippen LogP contribution in [0.3, 0.4) is 0 Å². The van der Waals surface area contributed by atoms with Crippen LogP contribution in [0, 0.1) is 0 Å². The molecule has 0 spiro atoms. The van der Waals surface area contributed by atoms with Crippen molar-refractivity contribution in [3.05, 3.63) is 96.1 Å². The fourth-order valence-electron chi connectivity index (χ4n) is 2.47. The Labute approximate surface area is 163 Å². The lowest BCUT2D eigenvalue weighted by atomic mass is 10.1. The Morgan fingerprint density at radius 2 is 1.46 bits per heavy atom. The molecule has 0 bridgehead atoms. The van der Waals surface area contributed by atoms with Crippen molar-refractivity contribution in [2.24, 2.45) is 0 Å². The van der Waals surface area contributed by atoms with E-state index in [0.29, 0.717) is 17.9 Å². The summed E-state index contributed by atoms with van der Waals surface area (Å²) in [5.74, 6) is -0.150. The largest absolute Gasteiger partial charge is 0.489 e. The molecule has 0 aromatic heterocycles. The first-order chi connectivity index (χ1) is 13.6. The Kier molecular flexibility index (Phi) is 6.41. The summed E-state index contributed by atoms with van der Waals surface area (Å²) < 4.78 is 10.9. The number of nitrogens with one attached hydrogen (secondary N) is 1. The van der Waals surface area contributed by atoms with Crippen LogP contribution in [0.4, 0.5) is 5.69 Å². The number of hydrogen-bond donors (Lipinski definition) is 1. The Balaban J connectivity index is 1.51. The van der Waals surface area contributed by atoms with Crippen molar-refractivity contribution in [3.63, 3.8) is 0 Å². The average molecular weight is 375 g/mol. The van der Waals surface area contributed by atoms with Crippen LogP contribution in [0.2, 0.25) is 0 Å². The predicted octanol–water partition coefficient (Wildman–Crippen LogP) is 4.45. The third-order valence-electron chi connectivity index (χ3n) is 4.03. The molecule has 0 heterocycles. The van der Waals surface area contributed by atoms with Gasteiger partial charge in [-0.1, -0.05) is 48.5 Å². The van der Waals surface area contributed by atoms with Gasteiger partial charge in [0.25, 0.3) is 5.91 Å². The topological polar surface area (TPSA) is 64.6 Å². The summed E-state index contributed by atoms with van der Waals surface area (Å²) in [7, 11) is 0. The first-order valence-electron chi connectivity index (χ1n) is 8.95. The molecule has 1 N–H and O–H groups in total. The molecular formula is C23H21NO4. The lowest BCUT2D eigenvalue weighted by Crippen LogP contribution is -2.29. The van der Waals surface area contributed by atoms with Crippen LogP contribution in [0.1, 0.15) is 22.8 Å². The second-order valence-electron chi connectivity index (χ2n) is 6.20. The highest BCUT2D eigenvalue weighted by molar-refractivity contribution is 5.97. The van der Waals surface area contributed by atoms with E-state index in [1.165, 1.54) is 6.92 Å². The highest BCUT2D eigenvalue weighted by atomic mass is 16.5. The van der Waals surface area contributed by atoms with Crippen LogP contribution < -0.4 is 10.1 Å². The zero-order valence-corrected chi connectivity index (χ0v) is 15.5. The summed E-state index contributed by atoms with van der Waals surface area (Å²) in [5, 5.41) is 2.71. The third kappa shape index (κ3) is 5.45. The number of carbonyl (C=O) groups excluding carboxylic acids is 2. The molecule has 3 rings (SSSR count). The molecule has 0 aliphatic rings. The molecule has 1 atom stereocenters. The van der Waals surface area contributed by atoms with E-state index in [0.717, 1.165) is 11.3 Å². The predicted molar refractivity (Wildman–Crippen MR) is 107 cm³/mol. The molecule has 5 heteroatoms. The lowest BCUT2D eigenvalue weighted by Gasteiger charge is -2.14. The fourth-order valence-corrected chi connectivity index (χ4v) is 2.47. The van der Waals surface area contributed by atoms with E-state index >= 15 is 0 Å². The van der Waals surface area contributed by atoms with Crippen molar-refractivity contribution >= 4 is 17.6 Å². The van der Waals surface area contributed by atoms with E-state index < -0.39 is 12.1 Å². The van der Waals surface area contributed by atoms with Gasteiger partial charge >= 0.3 is 5.97 Å². The maximum Gasteiger partial charge on any atom is 0.338 e. The summed E-state index contributed by atoms with van der Waals surface area (Å²) in [6.07, 6.45) is -0.909. The van der Waals surface area contributed by atoms with Gasteiger partial charge in [-0.05, 0) is 48.9 Å². The highest BCUT2D eigenvalue weighted by Crippen LogP contribution is 2.13. The fraction of sp³-hybridized carbons (Fsp3) is 0.130. The van der Waals surface area contributed by atoms with E-state index in [-0.39, 0.29) is 5.91 Å². The van der Waals surface area contributed by atoms with E-state index in [4.69, 9.17) is 9.47 Å². The molecule has 0 saturated carbocycles. The standard InChI is InChI=1S/C23H21NO4/c1-17(22(25)24-20-8-4-2-5-9-20)28-23(26)19-14-12-18(13-15-19)16-27-21-10-6-3-7-11-21/h2-15,17H,16H2,1H3,(H,24,25)/t17-/m1/s1. The second kappa shape index (κ2) is 9.37. The lowest BCUT2D eigenvalue weighted by molar-refractivity contribution is -0.123. The van der Waals surface area contributed by atoms with Gasteiger partial charge in [-0.25, -0.2) is 4.79 Å². The van der Waals surface area contributed by atoms with Gasteiger partial charge < -0.3 is 14.8 Å². The van der Waals surface area contributed by atoms with Crippen LogP contribution in [0.25, 0.3) is 0 Å². The van der Waals surface area contributed by atoms with Crippen molar-refractivity contribution in [2.45, 2.75) is 19.6 Å². The summed E-state index contributed by atoms with van der Waals surface area (Å²) >= 11 is 0. The van der Waals surface area contributed by atoms with Gasteiger partial charge in [0.1, 0.15) is 12.4 Å². The molecule has 1 amide bonds. The third-order valence-corrected chi connectivity index (χ3v) is 4.03. The summed E-state index contributed by atoms with van der Waals surface area (Å²) in [6, 6.07) is 25.4. The van der Waals surface area contributed by atoms with E-state index in [1.54, 1.807) is 36.4 Å². The zero-order chi connectivity index (χ0) is 19.8. The minimum absolute atomic E-state index is 0.378. The zero-order valence-electron chi connectivity index (χ0n) is 15.5. The van der Waals surface area contributed by atoms with Crippen LogP contribution in [-0.4, -0.2) is 18.0 Å². The molecule has 0 aliphatic heterocycles. The maximum absolute atomic E-state index is 12.3. The molecule has 0 radical (unpaired) electrons. The number of ether oxygens (including phenoxy) is 2. The molecule has 142 valence electrons. The monoisotopic (exact) mass is 375 g/mol. The number of anilines is 1. The van der Waals surface area contributed by atoms with Gasteiger partial charge in [-0.15, -0.1) is 0 Å². The Morgan fingerprint density at radius 1 is 0.857 bits per heavy atom. The van der Waals surface area contributed by atoms with Gasteiger partial charge in [-0.3, -0.25) is 4.79 Å². The van der Waals surface area contributed by atoms with Crippen LogP contribution in [0.15, 0.2) is 84.9 Å². The number of esters is 1. The van der Waals surface area contributed by atoms with E-state index in [2.05, 4.69) is 5.32 Å². The normalized spacial score (nSPS) is 11.3. The number of hydrogen-bond acceptors (Lipinski definition) is 4. The molecule has 0 aliphatic carbocycles. The van der Waals surface area contributed by atoms with Crippen molar-refractivity contribution < 1.29 is 19.1 Å². The first-order valence-corrected chi connectivity index (χ1v) is 8.95. The van der Waals surface area contributed by atoms with Crippen molar-refractivity contribution in [3.8, 4) is 5.75 Å². The van der Waals surface area contributed by atoms with Gasteiger partial charge in [0, 0.05) is 5.69 Å². The van der Waals surface area contributed by atoms with Gasteiger partial charge in [0.15, 0.2) is 6.10 Å². The quantitative estimate of drug-likeness (QED) is 0.620. The molecule has 0 unspecified atom stereocenters. The Hall–Kier alpha value is -3.60. The van der Waals surface area contributed by atoms with Crippen LogP contribution in [-0.2, 0) is 16.1 Å². The number of benzene rings is 3. The molecule has 28 heavy (non-hydrogen) atoms. The molecule has 5 nitrogen and oxygen atoms in total. The molecule has 0 fully saturated rings. The Bertz CT molecular complexity index is 908. The summed E-state index contributed by atoms with van der Waals surface area (Å²) in [5.41, 5.74) is 1.95. The molecule has 3 aromatic carbocycles. The Morgan fingerprint density at radius 3 is 2.11 bits per heavy atom. The van der Waals surface area contributed by atoms with Gasteiger partial charge in [0.2, 0.25) is 0 Å². The SMILES string of the molecule is C[C@@H](OC(=O)c1ccc(COc2ccccc2)cc1)C(=O)Nc1ccccc1. The van der Waals surface area contributed by atoms with E-state index in [9.17, 15) is 9.59 Å². The minimum atomic E-state index is -0.909. The number of carbonyl (C=O) groups is 2. The molecular weight excluding hydrogens is 354 g/mol. The van der Waals surface area contributed by atoms with Gasteiger partial charge in [0.05, 0.1) is 5.56 Å². The summed E-state index contributed by atoms with van der Waals surface area (Å²) in [6.45, 7) is 1.94. The van der Waals surface area contributed by atoms with Crippen LogP contribution >= 0.6 is 0 Å². The van der Waals surface area contributed by atoms with Crippen LogP contribution in [0.5, 0.6) is 5.75 Å². The van der Waals surface area contributed by atoms with Crippen molar-refractivity contribution in [2.75, 3.05) is 5.32 Å². The molecule has 0 saturated heterocycles. The number of rotatable bonds is 7. The second-order valence-corrected chi connectivity index (χ2v) is 6.20. The molecule has 3 aromatic rings. The van der Waals surface area contributed by atoms with Crippen molar-refractivity contribution in [1.29, 1.82) is 0 Å². The minimum Gasteiger partial charge on any atom is -0.489 e. The maximum atomic E-state index is 12.3. The average Bonchev–Trinajstić information content (AvgIpc) is 2.74. The number of amides is 1. The summed E-state index contributed by atoms with van der Waals surface area (Å²) in [4.78, 5) is 24.4. The highest BCUT2D eigenvalue weighted by Gasteiger charge is 2.19. The first kappa shape index (κ1) is 19.2. The number of para-hydroxylation sites is 2.